The average molecular weight is 284 g/mol. The Labute approximate surface area is 127 Å². The predicted octanol–water partition coefficient (Wildman–Crippen LogP) is 4.41. The van der Waals surface area contributed by atoms with E-state index in [0.29, 0.717) is 0 Å². The molecule has 0 bridgehead atoms. The number of benzene rings is 2. The number of ether oxygens (including phenoxy) is 1. The summed E-state index contributed by atoms with van der Waals surface area (Å²) in [6, 6.07) is 18.0. The van der Waals surface area contributed by atoms with Gasteiger partial charge in [-0.25, -0.2) is 0 Å². The molecule has 0 saturated heterocycles. The predicted molar refractivity (Wildman–Crippen MR) is 88.9 cm³/mol. The first-order valence-electron chi connectivity index (χ1n) is 7.60. The minimum absolute atomic E-state index is 0.213. The smallest absolute Gasteiger partial charge is 0.127 e. The van der Waals surface area contributed by atoms with Crippen LogP contribution in [0.1, 0.15) is 26.2 Å². The molecule has 0 amide bonds. The summed E-state index contributed by atoms with van der Waals surface area (Å²) in [5, 5.41) is 3.36. The molecule has 21 heavy (non-hydrogen) atoms. The Morgan fingerprint density at radius 3 is 2.33 bits per heavy atom. The van der Waals surface area contributed by atoms with Gasteiger partial charge in [-0.05, 0) is 42.8 Å². The van der Waals surface area contributed by atoms with Gasteiger partial charge >= 0.3 is 0 Å². The van der Waals surface area contributed by atoms with E-state index in [9.17, 15) is 0 Å². The van der Waals surface area contributed by atoms with Gasteiger partial charge in [-0.1, -0.05) is 38.0 Å². The van der Waals surface area contributed by atoms with Crippen molar-refractivity contribution in [1.29, 1.82) is 0 Å². The van der Waals surface area contributed by atoms with E-state index in [2.05, 4.69) is 12.2 Å². The van der Waals surface area contributed by atoms with Crippen LogP contribution in [0.15, 0.2) is 54.6 Å². The molecule has 0 fully saturated rings. The van der Waals surface area contributed by atoms with Gasteiger partial charge in [0.1, 0.15) is 11.5 Å². The van der Waals surface area contributed by atoms with Crippen LogP contribution in [-0.2, 0) is 0 Å². The van der Waals surface area contributed by atoms with Gasteiger partial charge in [0, 0.05) is 18.3 Å². The quantitative estimate of drug-likeness (QED) is 0.755. The molecule has 0 saturated carbocycles. The molecule has 3 nitrogen and oxygen atoms in total. The summed E-state index contributed by atoms with van der Waals surface area (Å²) in [5.74, 6) is 1.68. The van der Waals surface area contributed by atoms with Crippen molar-refractivity contribution in [3.63, 3.8) is 0 Å². The zero-order valence-corrected chi connectivity index (χ0v) is 12.6. The molecule has 0 spiro atoms. The van der Waals surface area contributed by atoms with Gasteiger partial charge in [-0.3, -0.25) is 0 Å². The van der Waals surface area contributed by atoms with Crippen LogP contribution >= 0.6 is 0 Å². The van der Waals surface area contributed by atoms with Gasteiger partial charge in [0.2, 0.25) is 0 Å². The van der Waals surface area contributed by atoms with Gasteiger partial charge in [-0.15, -0.1) is 0 Å². The summed E-state index contributed by atoms with van der Waals surface area (Å²) < 4.78 is 5.76. The first-order chi connectivity index (χ1) is 10.3. The van der Waals surface area contributed by atoms with E-state index in [4.69, 9.17) is 10.5 Å². The van der Waals surface area contributed by atoms with Gasteiger partial charge < -0.3 is 15.8 Å². The molecule has 0 heterocycles. The molecule has 2 aromatic carbocycles. The van der Waals surface area contributed by atoms with Crippen LogP contribution in [0.5, 0.6) is 11.5 Å². The second kappa shape index (κ2) is 8.32. The lowest BCUT2D eigenvalue weighted by Crippen LogP contribution is -2.28. The molecule has 2 rings (SSSR count). The largest absolute Gasteiger partial charge is 0.457 e. The zero-order valence-electron chi connectivity index (χ0n) is 12.6. The fraction of sp³-hybridized carbons (Fsp3) is 0.333. The topological polar surface area (TPSA) is 47.3 Å². The average Bonchev–Trinajstić information content (AvgIpc) is 2.53. The van der Waals surface area contributed by atoms with Gasteiger partial charge in [0.25, 0.3) is 0 Å². The SMILES string of the molecule is CCCCC(N)CNc1ccc(Oc2ccccc2)cc1. The molecule has 3 N–H and O–H groups in total. The van der Waals surface area contributed by atoms with Crippen LogP contribution < -0.4 is 15.8 Å². The summed E-state index contributed by atoms with van der Waals surface area (Å²) in [7, 11) is 0. The molecule has 2 aromatic rings. The van der Waals surface area contributed by atoms with Crippen LogP contribution in [0.3, 0.4) is 0 Å². The van der Waals surface area contributed by atoms with Crippen molar-refractivity contribution in [1.82, 2.24) is 0 Å². The molecule has 3 heteroatoms. The summed E-state index contributed by atoms with van der Waals surface area (Å²) in [4.78, 5) is 0. The Morgan fingerprint density at radius 2 is 1.67 bits per heavy atom. The Hall–Kier alpha value is -2.00. The highest BCUT2D eigenvalue weighted by atomic mass is 16.5. The molecule has 0 radical (unpaired) electrons. The summed E-state index contributed by atoms with van der Waals surface area (Å²) in [5.41, 5.74) is 7.12. The first kappa shape index (κ1) is 15.4. The maximum Gasteiger partial charge on any atom is 0.127 e. The van der Waals surface area contributed by atoms with E-state index in [-0.39, 0.29) is 6.04 Å². The first-order valence-corrected chi connectivity index (χ1v) is 7.60. The Morgan fingerprint density at radius 1 is 1.00 bits per heavy atom. The standard InChI is InChI=1S/C18H24N2O/c1-2-3-7-15(19)14-20-16-10-12-18(13-11-16)21-17-8-5-4-6-9-17/h4-6,8-13,15,20H,2-3,7,14,19H2,1H3. The number of rotatable bonds is 8. The Kier molecular flexibility index (Phi) is 6.10. The molecular formula is C18H24N2O. The third kappa shape index (κ3) is 5.48. The lowest BCUT2D eigenvalue weighted by atomic mass is 10.1. The maximum atomic E-state index is 6.05. The molecule has 112 valence electrons. The van der Waals surface area contributed by atoms with Gasteiger partial charge in [0.15, 0.2) is 0 Å². The second-order valence-corrected chi connectivity index (χ2v) is 5.22. The van der Waals surface area contributed by atoms with E-state index in [0.717, 1.165) is 30.2 Å². The van der Waals surface area contributed by atoms with Crippen LogP contribution in [0.2, 0.25) is 0 Å². The van der Waals surface area contributed by atoms with E-state index in [1.165, 1.54) is 12.8 Å². The normalized spacial score (nSPS) is 11.9. The van der Waals surface area contributed by atoms with Crippen LogP contribution in [-0.4, -0.2) is 12.6 Å². The van der Waals surface area contributed by atoms with E-state index < -0.39 is 0 Å². The fourth-order valence-electron chi connectivity index (χ4n) is 2.08. The van der Waals surface area contributed by atoms with Crippen molar-refractivity contribution < 1.29 is 4.74 Å². The van der Waals surface area contributed by atoms with Gasteiger partial charge in [-0.2, -0.15) is 0 Å². The highest BCUT2D eigenvalue weighted by molar-refractivity contribution is 5.47. The van der Waals surface area contributed by atoms with Crippen molar-refractivity contribution in [3.8, 4) is 11.5 Å². The molecule has 1 atom stereocenters. The van der Waals surface area contributed by atoms with E-state index >= 15 is 0 Å². The monoisotopic (exact) mass is 284 g/mol. The number of unbranched alkanes of at least 4 members (excludes halogenated alkanes) is 1. The number of anilines is 1. The summed E-state index contributed by atoms with van der Waals surface area (Å²) in [6.07, 6.45) is 3.45. The number of para-hydroxylation sites is 1. The lowest BCUT2D eigenvalue weighted by molar-refractivity contribution is 0.483. The number of hydrogen-bond acceptors (Lipinski definition) is 3. The molecule has 0 aromatic heterocycles. The molecule has 1 unspecified atom stereocenters. The van der Waals surface area contributed by atoms with E-state index in [1.807, 2.05) is 54.6 Å². The lowest BCUT2D eigenvalue weighted by Gasteiger charge is -2.13. The highest BCUT2D eigenvalue weighted by Gasteiger charge is 2.02. The van der Waals surface area contributed by atoms with E-state index in [1.54, 1.807) is 0 Å². The van der Waals surface area contributed by atoms with Crippen molar-refractivity contribution in [3.05, 3.63) is 54.6 Å². The summed E-state index contributed by atoms with van der Waals surface area (Å²) in [6.45, 7) is 2.99. The van der Waals surface area contributed by atoms with Crippen molar-refractivity contribution in [2.24, 2.45) is 5.73 Å². The zero-order chi connectivity index (χ0) is 14.9. The Bertz CT molecular complexity index is 511. The van der Waals surface area contributed by atoms with Crippen molar-refractivity contribution in [2.45, 2.75) is 32.2 Å². The number of hydrogen-bond donors (Lipinski definition) is 2. The minimum Gasteiger partial charge on any atom is -0.457 e. The maximum absolute atomic E-state index is 6.05. The minimum atomic E-state index is 0.213. The molecule has 0 aliphatic heterocycles. The van der Waals surface area contributed by atoms with Crippen molar-refractivity contribution in [2.75, 3.05) is 11.9 Å². The van der Waals surface area contributed by atoms with Crippen molar-refractivity contribution >= 4 is 5.69 Å². The third-order valence-corrected chi connectivity index (χ3v) is 3.33. The summed E-state index contributed by atoms with van der Waals surface area (Å²) >= 11 is 0. The molecule has 0 aliphatic rings. The van der Waals surface area contributed by atoms with Gasteiger partial charge in [0.05, 0.1) is 0 Å². The van der Waals surface area contributed by atoms with Crippen LogP contribution in [0.25, 0.3) is 0 Å². The Balaban J connectivity index is 1.82. The third-order valence-electron chi connectivity index (χ3n) is 3.33. The molecule has 0 aliphatic carbocycles. The fourth-order valence-corrected chi connectivity index (χ4v) is 2.08. The highest BCUT2D eigenvalue weighted by Crippen LogP contribution is 2.22. The second-order valence-electron chi connectivity index (χ2n) is 5.22. The van der Waals surface area contributed by atoms with Crippen LogP contribution in [0.4, 0.5) is 5.69 Å². The molecular weight excluding hydrogens is 260 g/mol. The number of nitrogens with two attached hydrogens (primary N) is 1. The van der Waals surface area contributed by atoms with Crippen LogP contribution in [0, 0.1) is 0 Å². The number of nitrogens with one attached hydrogen (secondary N) is 1.